The average molecular weight is 488 g/mol. The molecular formula is C24H24ClFN3O3P. The third kappa shape index (κ3) is 4.41. The first-order valence-electron chi connectivity index (χ1n) is 10.4. The van der Waals surface area contributed by atoms with Gasteiger partial charge in [-0.15, -0.1) is 0 Å². The molecule has 2 N–H and O–H groups in total. The summed E-state index contributed by atoms with van der Waals surface area (Å²) in [6.07, 6.45) is 6.36. The van der Waals surface area contributed by atoms with Gasteiger partial charge >= 0.3 is 0 Å². The fourth-order valence-corrected chi connectivity index (χ4v) is 6.97. The lowest BCUT2D eigenvalue weighted by molar-refractivity contribution is -0.118. The molecule has 2 aliphatic rings. The molecule has 0 radical (unpaired) electrons. The molecule has 0 saturated heterocycles. The van der Waals surface area contributed by atoms with Crippen molar-refractivity contribution in [2.45, 2.75) is 26.4 Å². The molecule has 9 heteroatoms. The quantitative estimate of drug-likeness (QED) is 0.592. The zero-order valence-electron chi connectivity index (χ0n) is 18.4. The van der Waals surface area contributed by atoms with Gasteiger partial charge in [-0.1, -0.05) is 34.9 Å². The highest BCUT2D eigenvalue weighted by molar-refractivity contribution is 7.71. The standard InChI is InChI=1S/C24H24ClFN3O3P/c1-14-10-15(2)12-17(11-14)33(31,32-3)23-20-19(5-4-18(25)21(20)26)29-22(23)24(30)28-13-16-6-8-27-9-7-16/h4-12,19-20,29H,13H2,1-3H3,(H,28,30). The van der Waals surface area contributed by atoms with Crippen LogP contribution in [0.15, 0.2) is 76.7 Å². The van der Waals surface area contributed by atoms with Gasteiger partial charge in [0.05, 0.1) is 22.3 Å². The first-order chi connectivity index (χ1) is 15.7. The molecule has 3 atom stereocenters. The Morgan fingerprint density at radius 2 is 1.91 bits per heavy atom. The Labute approximate surface area is 197 Å². The average Bonchev–Trinajstić information content (AvgIpc) is 3.20. The van der Waals surface area contributed by atoms with E-state index >= 15 is 4.39 Å². The second-order valence-corrected chi connectivity index (χ2v) is 11.0. The second kappa shape index (κ2) is 9.26. The molecule has 172 valence electrons. The van der Waals surface area contributed by atoms with Crippen LogP contribution in [0.5, 0.6) is 0 Å². The third-order valence-corrected chi connectivity index (χ3v) is 8.62. The summed E-state index contributed by atoms with van der Waals surface area (Å²) in [6.45, 7) is 3.98. The summed E-state index contributed by atoms with van der Waals surface area (Å²) in [5.74, 6) is -2.17. The van der Waals surface area contributed by atoms with Crippen LogP contribution in [-0.4, -0.2) is 24.0 Å². The van der Waals surface area contributed by atoms with Crippen molar-refractivity contribution in [3.63, 3.8) is 0 Å². The molecule has 1 aromatic carbocycles. The molecule has 0 spiro atoms. The fraction of sp³-hybridized carbons (Fsp3) is 0.250. The molecule has 1 aliphatic carbocycles. The zero-order valence-corrected chi connectivity index (χ0v) is 20.1. The van der Waals surface area contributed by atoms with E-state index in [0.717, 1.165) is 16.7 Å². The van der Waals surface area contributed by atoms with E-state index in [2.05, 4.69) is 15.6 Å². The number of aryl methyl sites for hydroxylation is 2. The maximum absolute atomic E-state index is 15.3. The number of fused-ring (bicyclic) bond motifs is 1. The van der Waals surface area contributed by atoms with Crippen molar-refractivity contribution >= 4 is 30.2 Å². The second-order valence-electron chi connectivity index (χ2n) is 8.08. The lowest BCUT2D eigenvalue weighted by Crippen LogP contribution is -2.34. The van der Waals surface area contributed by atoms with Gasteiger partial charge in [-0.05, 0) is 49.8 Å². The highest BCUT2D eigenvalue weighted by atomic mass is 35.5. The van der Waals surface area contributed by atoms with Crippen LogP contribution in [0, 0.1) is 19.8 Å². The molecule has 0 fully saturated rings. The summed E-state index contributed by atoms with van der Waals surface area (Å²) in [6, 6.07) is 8.36. The lowest BCUT2D eigenvalue weighted by Gasteiger charge is -2.26. The molecule has 1 aliphatic heterocycles. The summed E-state index contributed by atoms with van der Waals surface area (Å²) in [7, 11) is -2.52. The molecule has 0 saturated carbocycles. The van der Waals surface area contributed by atoms with E-state index in [1.807, 2.05) is 19.9 Å². The number of allylic oxidation sites excluding steroid dienone is 2. The van der Waals surface area contributed by atoms with Crippen LogP contribution in [0.1, 0.15) is 16.7 Å². The van der Waals surface area contributed by atoms with Gasteiger partial charge in [-0.25, -0.2) is 4.39 Å². The normalized spacial score (nSPS) is 21.5. The summed E-state index contributed by atoms with van der Waals surface area (Å²) in [4.78, 5) is 17.2. The van der Waals surface area contributed by atoms with Gasteiger partial charge in [0.15, 0.2) is 0 Å². The lowest BCUT2D eigenvalue weighted by atomic mass is 9.96. The van der Waals surface area contributed by atoms with Crippen molar-refractivity contribution in [2.75, 3.05) is 7.11 Å². The van der Waals surface area contributed by atoms with Crippen LogP contribution >= 0.6 is 19.0 Å². The number of amides is 1. The molecular weight excluding hydrogens is 464 g/mol. The highest BCUT2D eigenvalue weighted by Crippen LogP contribution is 2.62. The monoisotopic (exact) mass is 487 g/mol. The van der Waals surface area contributed by atoms with Gasteiger partial charge in [-0.2, -0.15) is 0 Å². The van der Waals surface area contributed by atoms with E-state index < -0.39 is 31.1 Å². The summed E-state index contributed by atoms with van der Waals surface area (Å²) < 4.78 is 35.3. The number of benzene rings is 1. The van der Waals surface area contributed by atoms with Gasteiger partial charge in [-0.3, -0.25) is 14.3 Å². The smallest absolute Gasteiger partial charge is 0.268 e. The Morgan fingerprint density at radius 1 is 1.24 bits per heavy atom. The van der Waals surface area contributed by atoms with Crippen molar-refractivity contribution in [1.29, 1.82) is 0 Å². The van der Waals surface area contributed by atoms with Crippen LogP contribution in [0.3, 0.4) is 0 Å². The topological polar surface area (TPSA) is 80.3 Å². The number of pyridine rings is 1. The molecule has 2 heterocycles. The number of halogens is 2. The van der Waals surface area contributed by atoms with Gasteiger partial charge in [0.1, 0.15) is 11.5 Å². The molecule has 2 aromatic rings. The predicted octanol–water partition coefficient (Wildman–Crippen LogP) is 4.35. The largest absolute Gasteiger partial charge is 0.373 e. The van der Waals surface area contributed by atoms with Crippen LogP contribution in [0.4, 0.5) is 4.39 Å². The van der Waals surface area contributed by atoms with Gasteiger partial charge in [0.25, 0.3) is 13.3 Å². The Hall–Kier alpha value is -2.73. The third-order valence-electron chi connectivity index (χ3n) is 5.72. The molecule has 33 heavy (non-hydrogen) atoms. The zero-order chi connectivity index (χ0) is 23.8. The molecule has 1 amide bonds. The van der Waals surface area contributed by atoms with E-state index in [1.165, 1.54) is 13.2 Å². The molecule has 1 aromatic heterocycles. The van der Waals surface area contributed by atoms with Crippen LogP contribution < -0.4 is 15.9 Å². The molecule has 0 bridgehead atoms. The first kappa shape index (κ1) is 23.4. The summed E-state index contributed by atoms with van der Waals surface area (Å²) in [5.41, 5.74) is 2.64. The van der Waals surface area contributed by atoms with Crippen LogP contribution in [0.2, 0.25) is 0 Å². The Bertz CT molecular complexity index is 1220. The summed E-state index contributed by atoms with van der Waals surface area (Å²) in [5, 5.41) is 6.26. The highest BCUT2D eigenvalue weighted by Gasteiger charge is 2.50. The van der Waals surface area contributed by atoms with Crippen LogP contribution in [0.25, 0.3) is 0 Å². The molecule has 6 nitrogen and oxygen atoms in total. The van der Waals surface area contributed by atoms with E-state index in [9.17, 15) is 9.36 Å². The number of carbonyl (C=O) groups is 1. The van der Waals surface area contributed by atoms with Crippen molar-refractivity contribution in [3.8, 4) is 0 Å². The van der Waals surface area contributed by atoms with Gasteiger partial charge < -0.3 is 15.2 Å². The minimum atomic E-state index is -3.83. The number of aromatic nitrogens is 1. The van der Waals surface area contributed by atoms with E-state index in [0.29, 0.717) is 5.30 Å². The number of carbonyl (C=O) groups excluding carboxylic acids is 1. The van der Waals surface area contributed by atoms with Crippen molar-refractivity contribution in [3.05, 3.63) is 93.4 Å². The number of nitrogens with zero attached hydrogens (tertiary/aromatic N) is 1. The SMILES string of the molecule is COP(=O)(C1=C(C(=O)NCc2ccncc2)NC2C=CC(Cl)=C(F)C12)c1cc(C)cc(C)c1. The summed E-state index contributed by atoms with van der Waals surface area (Å²) >= 11 is 6.09. The minimum absolute atomic E-state index is 0.0366. The van der Waals surface area contributed by atoms with Crippen LogP contribution in [-0.2, 0) is 20.4 Å². The molecule has 3 unspecified atom stereocenters. The maximum atomic E-state index is 15.3. The van der Waals surface area contributed by atoms with Crippen molar-refractivity contribution < 1.29 is 18.3 Å². The molecule has 4 rings (SSSR count). The maximum Gasteiger partial charge on any atom is 0.268 e. The predicted molar refractivity (Wildman–Crippen MR) is 127 cm³/mol. The Balaban J connectivity index is 1.82. The van der Waals surface area contributed by atoms with Crippen molar-refractivity contribution in [1.82, 2.24) is 15.6 Å². The van der Waals surface area contributed by atoms with E-state index in [1.54, 1.807) is 42.7 Å². The number of hydrogen-bond donors (Lipinski definition) is 2. The fourth-order valence-electron chi connectivity index (χ4n) is 4.25. The first-order valence-corrected chi connectivity index (χ1v) is 12.4. The number of rotatable bonds is 6. The Kier molecular flexibility index (Phi) is 6.57. The minimum Gasteiger partial charge on any atom is -0.373 e. The number of nitrogens with one attached hydrogen (secondary N) is 2. The van der Waals surface area contributed by atoms with E-state index in [4.69, 9.17) is 16.1 Å². The van der Waals surface area contributed by atoms with Crippen molar-refractivity contribution in [2.24, 2.45) is 5.92 Å². The number of hydrogen-bond acceptors (Lipinski definition) is 5. The van der Waals surface area contributed by atoms with Gasteiger partial charge in [0, 0.05) is 31.4 Å². The Morgan fingerprint density at radius 3 is 2.55 bits per heavy atom. The van der Waals surface area contributed by atoms with Gasteiger partial charge in [0.2, 0.25) is 0 Å². The van der Waals surface area contributed by atoms with E-state index in [-0.39, 0.29) is 22.6 Å².